The number of halogens is 1. The molecule has 1 aliphatic rings. The molecule has 7 heteroatoms. The highest BCUT2D eigenvalue weighted by atomic mass is 35.5. The summed E-state index contributed by atoms with van der Waals surface area (Å²) in [6.07, 6.45) is 0. The molecule has 2 heterocycles. The Hall–Kier alpha value is -3.12. The summed E-state index contributed by atoms with van der Waals surface area (Å²) in [5.41, 5.74) is 2.74. The number of amides is 2. The van der Waals surface area contributed by atoms with Crippen LogP contribution in [0.25, 0.3) is 0 Å². The van der Waals surface area contributed by atoms with Crippen molar-refractivity contribution in [3.63, 3.8) is 0 Å². The molecule has 6 nitrogen and oxygen atoms in total. The number of hydrogen-bond donors (Lipinski definition) is 1. The van der Waals surface area contributed by atoms with Crippen LogP contribution in [0.3, 0.4) is 0 Å². The number of aryl methyl sites for hydroxylation is 2. The molecule has 0 saturated carbocycles. The summed E-state index contributed by atoms with van der Waals surface area (Å²) >= 11 is 6.19. The van der Waals surface area contributed by atoms with E-state index >= 15 is 0 Å². The zero-order valence-electron chi connectivity index (χ0n) is 17.1. The molecule has 0 fully saturated rings. The van der Waals surface area contributed by atoms with Crippen molar-refractivity contribution in [1.82, 2.24) is 15.1 Å². The number of anilines is 1. The van der Waals surface area contributed by atoms with Crippen LogP contribution in [0.4, 0.5) is 5.69 Å². The van der Waals surface area contributed by atoms with Crippen molar-refractivity contribution in [2.24, 2.45) is 0 Å². The van der Waals surface area contributed by atoms with Crippen LogP contribution in [0.5, 0.6) is 0 Å². The Balaban J connectivity index is 1.70. The maximum atomic E-state index is 13.4. The molecule has 0 spiro atoms. The van der Waals surface area contributed by atoms with Gasteiger partial charge in [0.15, 0.2) is 0 Å². The van der Waals surface area contributed by atoms with Gasteiger partial charge in [0.25, 0.3) is 5.91 Å². The van der Waals surface area contributed by atoms with Crippen molar-refractivity contribution in [2.45, 2.75) is 39.4 Å². The predicted octanol–water partition coefficient (Wildman–Crippen LogP) is 3.89. The van der Waals surface area contributed by atoms with Crippen LogP contribution in [-0.2, 0) is 17.9 Å². The smallest absolute Gasteiger partial charge is 0.277 e. The van der Waals surface area contributed by atoms with Gasteiger partial charge in [0.1, 0.15) is 11.2 Å². The topological polar surface area (TPSA) is 67.2 Å². The van der Waals surface area contributed by atoms with Crippen LogP contribution < -0.4 is 10.2 Å². The van der Waals surface area contributed by atoms with Gasteiger partial charge >= 0.3 is 0 Å². The second-order valence-electron chi connectivity index (χ2n) is 7.89. The first-order valence-corrected chi connectivity index (χ1v) is 10.1. The summed E-state index contributed by atoms with van der Waals surface area (Å²) in [5, 5.41) is 7.91. The Morgan fingerprint density at radius 2 is 1.90 bits per heavy atom. The van der Waals surface area contributed by atoms with E-state index < -0.39 is 5.54 Å². The van der Waals surface area contributed by atoms with Gasteiger partial charge in [-0.15, -0.1) is 0 Å². The zero-order chi connectivity index (χ0) is 21.5. The fourth-order valence-electron chi connectivity index (χ4n) is 3.81. The molecular formula is C23H23ClN4O2. The van der Waals surface area contributed by atoms with E-state index in [1.165, 1.54) is 4.90 Å². The van der Waals surface area contributed by atoms with Gasteiger partial charge in [-0.2, -0.15) is 5.10 Å². The van der Waals surface area contributed by atoms with Gasteiger partial charge in [-0.3, -0.25) is 19.2 Å². The molecule has 1 aromatic heterocycles. The molecule has 0 radical (unpaired) electrons. The number of hydrogen-bond acceptors (Lipinski definition) is 3. The van der Waals surface area contributed by atoms with Gasteiger partial charge < -0.3 is 5.32 Å². The molecule has 2 amide bonds. The van der Waals surface area contributed by atoms with E-state index in [1.54, 1.807) is 41.9 Å². The number of carbonyl (C=O) groups excluding carboxylic acids is 2. The summed E-state index contributed by atoms with van der Waals surface area (Å²) < 4.78 is 1.62. The van der Waals surface area contributed by atoms with E-state index in [2.05, 4.69) is 10.4 Å². The molecule has 30 heavy (non-hydrogen) atoms. The summed E-state index contributed by atoms with van der Waals surface area (Å²) in [6.45, 7) is 6.22. The monoisotopic (exact) mass is 422 g/mol. The fraction of sp³-hybridized carbons (Fsp3) is 0.261. The Bertz CT molecular complexity index is 1120. The van der Waals surface area contributed by atoms with Gasteiger partial charge in [0, 0.05) is 17.3 Å². The first kappa shape index (κ1) is 20.2. The van der Waals surface area contributed by atoms with Crippen molar-refractivity contribution >= 4 is 29.1 Å². The van der Waals surface area contributed by atoms with E-state index in [9.17, 15) is 9.59 Å². The van der Waals surface area contributed by atoms with Crippen LogP contribution >= 0.6 is 11.6 Å². The van der Waals surface area contributed by atoms with Crippen molar-refractivity contribution in [2.75, 3.05) is 4.90 Å². The number of benzene rings is 2. The van der Waals surface area contributed by atoms with Gasteiger partial charge in [-0.1, -0.05) is 47.5 Å². The highest BCUT2D eigenvalue weighted by Gasteiger charge is 2.48. The minimum absolute atomic E-state index is 0.244. The number of rotatable bonds is 4. The predicted molar refractivity (Wildman–Crippen MR) is 117 cm³/mol. The number of carbonyl (C=O) groups is 2. The van der Waals surface area contributed by atoms with Crippen molar-refractivity contribution in [3.05, 3.63) is 82.1 Å². The lowest BCUT2D eigenvalue weighted by Gasteiger charge is -2.43. The molecule has 0 unspecified atom stereocenters. The van der Waals surface area contributed by atoms with Crippen LogP contribution in [0.15, 0.2) is 54.6 Å². The minimum atomic E-state index is -1.17. The number of nitrogens with zero attached hydrogens (tertiary/aromatic N) is 3. The Morgan fingerprint density at radius 1 is 1.17 bits per heavy atom. The lowest BCUT2D eigenvalue weighted by Crippen LogP contribution is -2.64. The average Bonchev–Trinajstić information content (AvgIpc) is 3.07. The van der Waals surface area contributed by atoms with E-state index in [-0.39, 0.29) is 18.4 Å². The quantitative estimate of drug-likeness (QED) is 0.693. The molecule has 0 bridgehead atoms. The van der Waals surface area contributed by atoms with Crippen LogP contribution in [0.2, 0.25) is 5.02 Å². The molecule has 1 atom stereocenters. The van der Waals surface area contributed by atoms with Crippen molar-refractivity contribution < 1.29 is 9.59 Å². The molecule has 2 aromatic carbocycles. The molecule has 0 aliphatic carbocycles. The molecule has 1 N–H and O–H groups in total. The molecule has 4 rings (SSSR count). The molecule has 1 aliphatic heterocycles. The highest BCUT2D eigenvalue weighted by molar-refractivity contribution is 6.31. The molecule has 3 aromatic rings. The van der Waals surface area contributed by atoms with Crippen LogP contribution in [0, 0.1) is 13.8 Å². The fourth-order valence-corrected chi connectivity index (χ4v) is 3.99. The lowest BCUT2D eigenvalue weighted by molar-refractivity contribution is -0.126. The summed E-state index contributed by atoms with van der Waals surface area (Å²) in [5.74, 6) is -0.535. The third-order valence-electron chi connectivity index (χ3n) is 5.40. The summed E-state index contributed by atoms with van der Waals surface area (Å²) in [6, 6.07) is 16.7. The Kier molecular flexibility index (Phi) is 5.12. The Morgan fingerprint density at radius 3 is 2.60 bits per heavy atom. The van der Waals surface area contributed by atoms with Gasteiger partial charge in [-0.25, -0.2) is 0 Å². The van der Waals surface area contributed by atoms with Gasteiger partial charge in [-0.05, 0) is 50.6 Å². The molecule has 0 saturated heterocycles. The number of nitrogens with one attached hydrogen (secondary N) is 1. The maximum Gasteiger partial charge on any atom is 0.277 e. The number of fused-ring (bicyclic) bond motifs is 1. The normalized spacial score (nSPS) is 18.3. The van der Waals surface area contributed by atoms with Crippen LogP contribution in [0.1, 0.15) is 34.2 Å². The van der Waals surface area contributed by atoms with E-state index in [0.29, 0.717) is 22.9 Å². The lowest BCUT2D eigenvalue weighted by atomic mass is 9.94. The van der Waals surface area contributed by atoms with Gasteiger partial charge in [0.05, 0.1) is 12.2 Å². The minimum Gasteiger partial charge on any atom is -0.350 e. The summed E-state index contributed by atoms with van der Waals surface area (Å²) in [7, 11) is 0. The number of aromatic nitrogens is 2. The first-order valence-electron chi connectivity index (χ1n) is 9.76. The standard InChI is InChI=1S/C23H23ClN4O2/c1-15-7-9-17(10-8-15)13-25-22(30)23(3)14-27-20(11-16(2)26-27)21(29)28(23)19-6-4-5-18(24)12-19/h4-12H,13-14H2,1-3H3,(H,25,30)/t23-/m0/s1. The average molecular weight is 423 g/mol. The van der Waals surface area contributed by atoms with Crippen molar-refractivity contribution in [3.8, 4) is 0 Å². The third kappa shape index (κ3) is 3.59. The van der Waals surface area contributed by atoms with Gasteiger partial charge in [0.2, 0.25) is 5.91 Å². The second kappa shape index (κ2) is 7.61. The molecular weight excluding hydrogens is 400 g/mol. The van der Waals surface area contributed by atoms with E-state index in [4.69, 9.17) is 11.6 Å². The SMILES string of the molecule is Cc1ccc(CNC(=O)[C@]2(C)Cn3nc(C)cc3C(=O)N2c2cccc(Cl)c2)cc1. The largest absolute Gasteiger partial charge is 0.350 e. The maximum absolute atomic E-state index is 13.4. The zero-order valence-corrected chi connectivity index (χ0v) is 17.9. The van der Waals surface area contributed by atoms with E-state index in [1.807, 2.05) is 38.1 Å². The first-order chi connectivity index (χ1) is 14.3. The molecule has 154 valence electrons. The third-order valence-corrected chi connectivity index (χ3v) is 5.64. The van der Waals surface area contributed by atoms with E-state index in [0.717, 1.165) is 16.8 Å². The van der Waals surface area contributed by atoms with Crippen LogP contribution in [-0.4, -0.2) is 27.1 Å². The highest BCUT2D eigenvalue weighted by Crippen LogP contribution is 2.34. The Labute approximate surface area is 180 Å². The summed E-state index contributed by atoms with van der Waals surface area (Å²) in [4.78, 5) is 28.4. The second-order valence-corrected chi connectivity index (χ2v) is 8.33. The van der Waals surface area contributed by atoms with Crippen molar-refractivity contribution in [1.29, 1.82) is 0 Å².